The molecule has 0 aliphatic carbocycles. The molecule has 6 heteroatoms. The van der Waals surface area contributed by atoms with Gasteiger partial charge >= 0.3 is 0 Å². The maximum atomic E-state index is 13.0. The van der Waals surface area contributed by atoms with Crippen LogP contribution in [0.2, 0.25) is 0 Å². The largest absolute Gasteiger partial charge is 0.495 e. The van der Waals surface area contributed by atoms with Crippen LogP contribution in [0.15, 0.2) is 41.4 Å². The van der Waals surface area contributed by atoms with Crippen LogP contribution in [0.4, 0.5) is 10.1 Å². The standard InChI is InChI=1S/C13H11FN2O2S/c1-18-9-3-5-11(15-7-9)13(17)16-8-2-4-10(14)12(19)6-8/h2-7,19H,1H3,(H,16,17). The molecule has 4 nitrogen and oxygen atoms in total. The lowest BCUT2D eigenvalue weighted by atomic mass is 10.3. The topological polar surface area (TPSA) is 51.2 Å². The minimum Gasteiger partial charge on any atom is -0.495 e. The van der Waals surface area contributed by atoms with Crippen LogP contribution in [0.1, 0.15) is 10.5 Å². The highest BCUT2D eigenvalue weighted by molar-refractivity contribution is 7.80. The van der Waals surface area contributed by atoms with Crippen molar-refractivity contribution in [2.45, 2.75) is 4.90 Å². The molecule has 1 amide bonds. The SMILES string of the molecule is COc1ccc(C(=O)Nc2ccc(F)c(S)c2)nc1. The minimum atomic E-state index is -0.441. The number of hydrogen-bond acceptors (Lipinski definition) is 4. The summed E-state index contributed by atoms with van der Waals surface area (Å²) in [6, 6.07) is 7.30. The highest BCUT2D eigenvalue weighted by atomic mass is 32.1. The average molecular weight is 278 g/mol. The number of rotatable bonds is 3. The maximum Gasteiger partial charge on any atom is 0.274 e. The number of anilines is 1. The molecule has 1 aromatic carbocycles. The molecule has 1 N–H and O–H groups in total. The van der Waals surface area contributed by atoms with Crippen LogP contribution in [0, 0.1) is 5.82 Å². The van der Waals surface area contributed by atoms with Gasteiger partial charge in [-0.25, -0.2) is 9.37 Å². The normalized spacial score (nSPS) is 10.1. The Balaban J connectivity index is 2.13. The summed E-state index contributed by atoms with van der Waals surface area (Å²) in [6.45, 7) is 0. The van der Waals surface area contributed by atoms with Crippen molar-refractivity contribution < 1.29 is 13.9 Å². The molecule has 0 spiro atoms. The number of nitrogens with zero attached hydrogens (tertiary/aromatic N) is 1. The van der Waals surface area contributed by atoms with Gasteiger partial charge < -0.3 is 10.1 Å². The van der Waals surface area contributed by atoms with Crippen LogP contribution in [-0.4, -0.2) is 18.0 Å². The summed E-state index contributed by atoms with van der Waals surface area (Å²) < 4.78 is 18.0. The summed E-state index contributed by atoms with van der Waals surface area (Å²) in [4.78, 5) is 16.0. The van der Waals surface area contributed by atoms with Crippen molar-refractivity contribution in [3.05, 3.63) is 48.0 Å². The second kappa shape index (κ2) is 5.71. The predicted molar refractivity (Wildman–Crippen MR) is 72.4 cm³/mol. The molecule has 0 unspecified atom stereocenters. The Hall–Kier alpha value is -2.08. The molecule has 2 aromatic rings. The lowest BCUT2D eigenvalue weighted by molar-refractivity contribution is 0.102. The molecule has 0 bridgehead atoms. The summed E-state index contributed by atoms with van der Waals surface area (Å²) >= 11 is 3.94. The van der Waals surface area contributed by atoms with Gasteiger partial charge in [-0.15, -0.1) is 12.6 Å². The van der Waals surface area contributed by atoms with Gasteiger partial charge in [0.05, 0.1) is 13.3 Å². The quantitative estimate of drug-likeness (QED) is 0.849. The molecule has 0 radical (unpaired) electrons. The van der Waals surface area contributed by atoms with Crippen LogP contribution in [0.5, 0.6) is 5.75 Å². The number of ether oxygens (including phenoxy) is 1. The number of methoxy groups -OCH3 is 1. The van der Waals surface area contributed by atoms with E-state index in [0.717, 1.165) is 0 Å². The van der Waals surface area contributed by atoms with E-state index < -0.39 is 5.82 Å². The summed E-state index contributed by atoms with van der Waals surface area (Å²) in [5, 5.41) is 2.61. The van der Waals surface area contributed by atoms with Gasteiger partial charge in [0.1, 0.15) is 17.3 Å². The van der Waals surface area contributed by atoms with E-state index >= 15 is 0 Å². The first-order valence-corrected chi connectivity index (χ1v) is 5.85. The second-order valence-corrected chi connectivity index (χ2v) is 4.19. The Bertz CT molecular complexity index is 602. The summed E-state index contributed by atoms with van der Waals surface area (Å²) in [5.74, 6) is -0.262. The summed E-state index contributed by atoms with van der Waals surface area (Å²) in [7, 11) is 1.52. The lowest BCUT2D eigenvalue weighted by Gasteiger charge is -2.06. The second-order valence-electron chi connectivity index (χ2n) is 3.70. The third-order valence-electron chi connectivity index (χ3n) is 2.41. The Morgan fingerprint density at radius 1 is 1.37 bits per heavy atom. The number of carbonyl (C=O) groups is 1. The number of benzene rings is 1. The zero-order chi connectivity index (χ0) is 13.8. The molecule has 0 atom stereocenters. The molecule has 19 heavy (non-hydrogen) atoms. The Morgan fingerprint density at radius 3 is 2.74 bits per heavy atom. The van der Waals surface area contributed by atoms with Crippen LogP contribution >= 0.6 is 12.6 Å². The molecular formula is C13H11FN2O2S. The average Bonchev–Trinajstić information content (AvgIpc) is 2.43. The molecule has 2 rings (SSSR count). The van der Waals surface area contributed by atoms with Crippen molar-refractivity contribution in [3.8, 4) is 5.75 Å². The van der Waals surface area contributed by atoms with Gasteiger partial charge in [-0.2, -0.15) is 0 Å². The lowest BCUT2D eigenvalue weighted by Crippen LogP contribution is -2.13. The van der Waals surface area contributed by atoms with E-state index in [2.05, 4.69) is 22.9 Å². The van der Waals surface area contributed by atoms with Crippen LogP contribution in [-0.2, 0) is 0 Å². The highest BCUT2D eigenvalue weighted by Gasteiger charge is 2.08. The van der Waals surface area contributed by atoms with Crippen molar-refractivity contribution in [2.75, 3.05) is 12.4 Å². The highest BCUT2D eigenvalue weighted by Crippen LogP contribution is 2.18. The van der Waals surface area contributed by atoms with Gasteiger partial charge in [-0.05, 0) is 30.3 Å². The summed E-state index contributed by atoms with van der Waals surface area (Å²) in [5.41, 5.74) is 0.694. The van der Waals surface area contributed by atoms with Crippen molar-refractivity contribution in [2.24, 2.45) is 0 Å². The van der Waals surface area contributed by atoms with Crippen LogP contribution < -0.4 is 10.1 Å². The van der Waals surface area contributed by atoms with E-state index in [1.54, 1.807) is 12.1 Å². The number of hydrogen-bond donors (Lipinski definition) is 2. The van der Waals surface area contributed by atoms with E-state index in [1.165, 1.54) is 31.5 Å². The first-order chi connectivity index (χ1) is 9.10. The molecular weight excluding hydrogens is 267 g/mol. The smallest absolute Gasteiger partial charge is 0.274 e. The molecule has 0 fully saturated rings. The first-order valence-electron chi connectivity index (χ1n) is 5.40. The number of thiol groups is 1. The third-order valence-corrected chi connectivity index (χ3v) is 2.75. The van der Waals surface area contributed by atoms with E-state index in [9.17, 15) is 9.18 Å². The Labute approximate surface area is 115 Å². The monoisotopic (exact) mass is 278 g/mol. The van der Waals surface area contributed by atoms with Gasteiger partial charge in [0, 0.05) is 10.6 Å². The fraction of sp³-hybridized carbons (Fsp3) is 0.0769. The number of carbonyl (C=O) groups excluding carboxylic acids is 1. The van der Waals surface area contributed by atoms with Gasteiger partial charge in [-0.1, -0.05) is 0 Å². The maximum absolute atomic E-state index is 13.0. The van der Waals surface area contributed by atoms with Crippen LogP contribution in [0.3, 0.4) is 0 Å². The van der Waals surface area contributed by atoms with Gasteiger partial charge in [-0.3, -0.25) is 4.79 Å². The molecule has 0 saturated heterocycles. The fourth-order valence-corrected chi connectivity index (χ4v) is 1.63. The molecule has 98 valence electrons. The number of nitrogens with one attached hydrogen (secondary N) is 1. The molecule has 1 aromatic heterocycles. The zero-order valence-electron chi connectivity index (χ0n) is 10.1. The molecule has 0 aliphatic heterocycles. The van der Waals surface area contributed by atoms with Gasteiger partial charge in [0.2, 0.25) is 0 Å². The number of pyridine rings is 1. The van der Waals surface area contributed by atoms with Crippen molar-refractivity contribution in [3.63, 3.8) is 0 Å². The van der Waals surface area contributed by atoms with Crippen molar-refractivity contribution in [1.82, 2.24) is 4.98 Å². The first kappa shape index (κ1) is 13.4. The molecule has 0 aliphatic rings. The Kier molecular flexibility index (Phi) is 4.01. The van der Waals surface area contributed by atoms with Gasteiger partial charge in [0.25, 0.3) is 5.91 Å². The Morgan fingerprint density at radius 2 is 2.16 bits per heavy atom. The van der Waals surface area contributed by atoms with E-state index in [4.69, 9.17) is 4.74 Å². The fourth-order valence-electron chi connectivity index (χ4n) is 1.42. The van der Waals surface area contributed by atoms with Crippen molar-refractivity contribution in [1.29, 1.82) is 0 Å². The van der Waals surface area contributed by atoms with Gasteiger partial charge in [0.15, 0.2) is 0 Å². The number of halogens is 1. The zero-order valence-corrected chi connectivity index (χ0v) is 10.9. The van der Waals surface area contributed by atoms with Crippen LogP contribution in [0.25, 0.3) is 0 Å². The van der Waals surface area contributed by atoms with E-state index in [1.807, 2.05) is 0 Å². The third kappa shape index (κ3) is 3.23. The van der Waals surface area contributed by atoms with E-state index in [-0.39, 0.29) is 16.5 Å². The number of amides is 1. The van der Waals surface area contributed by atoms with Crippen molar-refractivity contribution >= 4 is 24.2 Å². The minimum absolute atomic E-state index is 0.167. The number of aromatic nitrogens is 1. The van der Waals surface area contributed by atoms with E-state index in [0.29, 0.717) is 11.4 Å². The molecule has 1 heterocycles. The summed E-state index contributed by atoms with van der Waals surface area (Å²) in [6.07, 6.45) is 1.45. The predicted octanol–water partition coefficient (Wildman–Crippen LogP) is 2.77. The molecule has 0 saturated carbocycles.